The Morgan fingerprint density at radius 2 is 2.38 bits per heavy atom. The maximum atomic E-state index is 10.7. The molecule has 0 atom stereocenters. The fourth-order valence-electron chi connectivity index (χ4n) is 1.24. The van der Waals surface area contributed by atoms with Crippen LogP contribution in [0.1, 0.15) is 17.1 Å². The number of H-pyrrole nitrogens is 1. The van der Waals surface area contributed by atoms with E-state index in [-0.39, 0.29) is 17.1 Å². The van der Waals surface area contributed by atoms with Gasteiger partial charge in [0.2, 0.25) is 5.76 Å². The van der Waals surface area contributed by atoms with E-state index in [9.17, 15) is 10.1 Å². The van der Waals surface area contributed by atoms with E-state index >= 15 is 0 Å². The lowest BCUT2D eigenvalue weighted by molar-refractivity contribution is -0.386. The zero-order chi connectivity index (χ0) is 11.5. The van der Waals surface area contributed by atoms with Crippen LogP contribution in [0.25, 0.3) is 12.2 Å². The van der Waals surface area contributed by atoms with Crippen molar-refractivity contribution in [1.29, 1.82) is 0 Å². The van der Waals surface area contributed by atoms with Crippen LogP contribution in [0.5, 0.6) is 0 Å². The molecule has 0 spiro atoms. The van der Waals surface area contributed by atoms with Crippen molar-refractivity contribution < 1.29 is 9.45 Å². The van der Waals surface area contributed by atoms with Crippen molar-refractivity contribution in [3.8, 4) is 0 Å². The SMILES string of the molecule is Cc1noc(/C=C/c2ccn[nH]2)c1[N+](=O)[O-]. The molecule has 7 nitrogen and oxygen atoms in total. The molecule has 0 aromatic carbocycles. The summed E-state index contributed by atoms with van der Waals surface area (Å²) in [5, 5.41) is 20.7. The number of rotatable bonds is 3. The minimum Gasteiger partial charge on any atom is -0.349 e. The van der Waals surface area contributed by atoms with Crippen LogP contribution in [0.3, 0.4) is 0 Å². The second kappa shape index (κ2) is 3.97. The molecule has 0 aliphatic heterocycles. The largest absolute Gasteiger partial charge is 0.349 e. The molecule has 0 aliphatic rings. The van der Waals surface area contributed by atoms with Gasteiger partial charge in [-0.15, -0.1) is 0 Å². The summed E-state index contributed by atoms with van der Waals surface area (Å²) in [7, 11) is 0. The quantitative estimate of drug-likeness (QED) is 0.628. The van der Waals surface area contributed by atoms with E-state index in [1.807, 2.05) is 0 Å². The van der Waals surface area contributed by atoms with Crippen molar-refractivity contribution in [2.24, 2.45) is 0 Å². The predicted molar refractivity (Wildman–Crippen MR) is 55.4 cm³/mol. The first-order valence-corrected chi connectivity index (χ1v) is 4.46. The summed E-state index contributed by atoms with van der Waals surface area (Å²) in [6, 6.07) is 1.73. The smallest absolute Gasteiger partial charge is 0.338 e. The van der Waals surface area contributed by atoms with Crippen molar-refractivity contribution in [2.75, 3.05) is 0 Å². The molecule has 0 bridgehead atoms. The van der Waals surface area contributed by atoms with Crippen LogP contribution < -0.4 is 0 Å². The van der Waals surface area contributed by atoms with Crippen LogP contribution in [0.4, 0.5) is 5.69 Å². The summed E-state index contributed by atoms with van der Waals surface area (Å²) in [6.45, 7) is 1.52. The lowest BCUT2D eigenvalue weighted by atomic mass is 10.3. The zero-order valence-corrected chi connectivity index (χ0v) is 8.38. The molecule has 0 radical (unpaired) electrons. The Morgan fingerprint density at radius 1 is 1.56 bits per heavy atom. The Hall–Kier alpha value is -2.44. The number of aromatic amines is 1. The fourth-order valence-corrected chi connectivity index (χ4v) is 1.24. The second-order valence-corrected chi connectivity index (χ2v) is 3.08. The fraction of sp³-hybridized carbons (Fsp3) is 0.111. The van der Waals surface area contributed by atoms with Crippen LogP contribution >= 0.6 is 0 Å². The summed E-state index contributed by atoms with van der Waals surface area (Å²) < 4.78 is 4.84. The normalized spacial score (nSPS) is 11.1. The molecule has 2 aromatic rings. The summed E-state index contributed by atoms with van der Waals surface area (Å²) in [5.74, 6) is 0.122. The summed E-state index contributed by atoms with van der Waals surface area (Å²) in [5.41, 5.74) is 0.869. The maximum absolute atomic E-state index is 10.7. The van der Waals surface area contributed by atoms with E-state index < -0.39 is 4.92 Å². The van der Waals surface area contributed by atoms with Crippen LogP contribution in [0, 0.1) is 17.0 Å². The predicted octanol–water partition coefficient (Wildman–Crippen LogP) is 1.78. The molecule has 2 aromatic heterocycles. The lowest BCUT2D eigenvalue weighted by Gasteiger charge is -1.87. The first-order chi connectivity index (χ1) is 7.68. The number of hydrogen-bond donors (Lipinski definition) is 1. The van der Waals surface area contributed by atoms with E-state index in [2.05, 4.69) is 15.4 Å². The Kier molecular flexibility index (Phi) is 2.50. The van der Waals surface area contributed by atoms with Crippen LogP contribution in [-0.2, 0) is 0 Å². The molecule has 7 heteroatoms. The van der Waals surface area contributed by atoms with Crippen molar-refractivity contribution in [2.45, 2.75) is 6.92 Å². The van der Waals surface area contributed by atoms with Crippen molar-refractivity contribution in [3.05, 3.63) is 39.5 Å². The number of aryl methyl sites for hydroxylation is 1. The summed E-state index contributed by atoms with van der Waals surface area (Å²) >= 11 is 0. The van der Waals surface area contributed by atoms with Gasteiger partial charge in [-0.2, -0.15) is 5.10 Å². The monoisotopic (exact) mass is 220 g/mol. The number of hydrogen-bond acceptors (Lipinski definition) is 5. The highest BCUT2D eigenvalue weighted by atomic mass is 16.6. The molecule has 2 heterocycles. The molecule has 0 unspecified atom stereocenters. The van der Waals surface area contributed by atoms with Crippen LogP contribution in [-0.4, -0.2) is 20.3 Å². The van der Waals surface area contributed by atoms with Gasteiger partial charge in [-0.05, 0) is 25.1 Å². The molecule has 0 fully saturated rings. The lowest BCUT2D eigenvalue weighted by Crippen LogP contribution is -1.90. The van der Waals surface area contributed by atoms with E-state index in [0.717, 1.165) is 5.69 Å². The van der Waals surface area contributed by atoms with Crippen LogP contribution in [0.2, 0.25) is 0 Å². The minimum absolute atomic E-state index is 0.115. The van der Waals surface area contributed by atoms with Gasteiger partial charge in [0.25, 0.3) is 0 Å². The Labute approximate surface area is 89.9 Å². The molecule has 0 amide bonds. The average molecular weight is 220 g/mol. The van der Waals surface area contributed by atoms with E-state index in [1.54, 1.807) is 18.3 Å². The van der Waals surface area contributed by atoms with Gasteiger partial charge in [0.05, 0.1) is 10.6 Å². The molecule has 2 rings (SSSR count). The summed E-state index contributed by atoms with van der Waals surface area (Å²) in [4.78, 5) is 10.2. The number of nitro groups is 1. The number of nitrogens with one attached hydrogen (secondary N) is 1. The molecular formula is C9H8N4O3. The van der Waals surface area contributed by atoms with Gasteiger partial charge in [0.1, 0.15) is 0 Å². The van der Waals surface area contributed by atoms with Gasteiger partial charge in [-0.25, -0.2) is 0 Å². The van der Waals surface area contributed by atoms with Crippen molar-refractivity contribution in [3.63, 3.8) is 0 Å². The molecule has 16 heavy (non-hydrogen) atoms. The van der Waals surface area contributed by atoms with Gasteiger partial charge in [0.15, 0.2) is 5.69 Å². The highest BCUT2D eigenvalue weighted by Crippen LogP contribution is 2.24. The third-order valence-electron chi connectivity index (χ3n) is 1.98. The highest BCUT2D eigenvalue weighted by molar-refractivity contribution is 5.70. The van der Waals surface area contributed by atoms with E-state index in [1.165, 1.54) is 13.0 Å². The van der Waals surface area contributed by atoms with E-state index in [0.29, 0.717) is 0 Å². The number of nitrogens with zero attached hydrogens (tertiary/aromatic N) is 3. The first kappa shape index (κ1) is 10.1. The molecule has 0 saturated carbocycles. The third-order valence-corrected chi connectivity index (χ3v) is 1.98. The molecule has 0 aliphatic carbocycles. The van der Waals surface area contributed by atoms with Gasteiger partial charge < -0.3 is 4.52 Å². The van der Waals surface area contributed by atoms with E-state index in [4.69, 9.17) is 4.52 Å². The average Bonchev–Trinajstić information content (AvgIpc) is 2.83. The molecule has 1 N–H and O–H groups in total. The third kappa shape index (κ3) is 1.83. The van der Waals surface area contributed by atoms with Crippen molar-refractivity contribution in [1.82, 2.24) is 15.4 Å². The zero-order valence-electron chi connectivity index (χ0n) is 8.38. The van der Waals surface area contributed by atoms with Crippen LogP contribution in [0.15, 0.2) is 16.8 Å². The van der Waals surface area contributed by atoms with Crippen molar-refractivity contribution >= 4 is 17.8 Å². The second-order valence-electron chi connectivity index (χ2n) is 3.08. The highest BCUT2D eigenvalue weighted by Gasteiger charge is 2.21. The molecular weight excluding hydrogens is 212 g/mol. The minimum atomic E-state index is -0.515. The van der Waals surface area contributed by atoms with Gasteiger partial charge in [0, 0.05) is 6.20 Å². The van der Waals surface area contributed by atoms with Gasteiger partial charge >= 0.3 is 5.69 Å². The summed E-state index contributed by atoms with van der Waals surface area (Å²) in [6.07, 6.45) is 4.69. The first-order valence-electron chi connectivity index (χ1n) is 4.46. The van der Waals surface area contributed by atoms with Gasteiger partial charge in [-0.1, -0.05) is 5.16 Å². The maximum Gasteiger partial charge on any atom is 0.338 e. The van der Waals surface area contributed by atoms with Gasteiger partial charge in [-0.3, -0.25) is 15.2 Å². The Bertz CT molecular complexity index is 527. The number of aromatic nitrogens is 3. The molecule has 0 saturated heterocycles. The Morgan fingerprint density at radius 3 is 3.00 bits per heavy atom. The molecule has 82 valence electrons. The Balaban J connectivity index is 2.32. The standard InChI is InChI=1S/C9H8N4O3/c1-6-9(13(14)15)8(16-12-6)3-2-7-4-5-10-11-7/h2-5H,1H3,(H,10,11)/b3-2+. The topological polar surface area (TPSA) is 97.8 Å².